The fraction of sp³-hybridized carbons (Fsp3) is 0.125. The van der Waals surface area contributed by atoms with Gasteiger partial charge in [-0.3, -0.25) is 0 Å². The summed E-state index contributed by atoms with van der Waals surface area (Å²) in [5.74, 6) is -0.760. The van der Waals surface area contributed by atoms with Crippen LogP contribution in [-0.4, -0.2) is 21.4 Å². The second kappa shape index (κ2) is 2.99. The highest BCUT2D eigenvalue weighted by Gasteiger charge is 2.14. The minimum absolute atomic E-state index is 0.222. The number of rotatable bonds is 2. The van der Waals surface area contributed by atoms with E-state index >= 15 is 0 Å². The van der Waals surface area contributed by atoms with E-state index in [-0.39, 0.29) is 5.76 Å². The molecule has 0 spiro atoms. The van der Waals surface area contributed by atoms with Gasteiger partial charge in [0.05, 0.1) is 0 Å². The predicted molar refractivity (Wildman–Crippen MR) is 43.7 cm³/mol. The molecule has 0 saturated heterocycles. The first-order chi connectivity index (χ1) is 6.66. The summed E-state index contributed by atoms with van der Waals surface area (Å²) in [5, 5.41) is 15.8. The van der Waals surface area contributed by atoms with Crippen molar-refractivity contribution < 1.29 is 18.9 Å². The number of carbonyl (C=O) groups is 1. The third kappa shape index (κ3) is 1.37. The summed E-state index contributed by atoms with van der Waals surface area (Å²) in [6.45, 7) is 1.73. The second-order valence-corrected chi connectivity index (χ2v) is 2.70. The highest BCUT2D eigenvalue weighted by atomic mass is 16.5. The molecule has 0 radical (unpaired) electrons. The van der Waals surface area contributed by atoms with Crippen molar-refractivity contribution in [1.29, 1.82) is 0 Å². The van der Waals surface area contributed by atoms with Gasteiger partial charge in [0, 0.05) is 12.1 Å². The van der Waals surface area contributed by atoms with Gasteiger partial charge in [-0.05, 0) is 6.92 Å². The third-order valence-electron chi connectivity index (χ3n) is 1.61. The first kappa shape index (κ1) is 8.49. The van der Waals surface area contributed by atoms with Crippen molar-refractivity contribution in [2.75, 3.05) is 0 Å². The Morgan fingerprint density at radius 2 is 1.93 bits per heavy atom. The molecule has 0 bridgehead atoms. The SMILES string of the molecule is Cc1cc(-c2cc(C(=O)O)on2)no1. The molecule has 0 saturated carbocycles. The molecule has 0 aliphatic carbocycles. The zero-order valence-corrected chi connectivity index (χ0v) is 7.22. The molecule has 6 heteroatoms. The molecular weight excluding hydrogens is 188 g/mol. The van der Waals surface area contributed by atoms with Gasteiger partial charge in [0.15, 0.2) is 0 Å². The highest BCUT2D eigenvalue weighted by molar-refractivity contribution is 5.85. The van der Waals surface area contributed by atoms with Gasteiger partial charge < -0.3 is 14.2 Å². The van der Waals surface area contributed by atoms with E-state index in [1.807, 2.05) is 0 Å². The van der Waals surface area contributed by atoms with Gasteiger partial charge in [0.1, 0.15) is 17.1 Å². The van der Waals surface area contributed by atoms with Crippen LogP contribution >= 0.6 is 0 Å². The zero-order chi connectivity index (χ0) is 10.1. The average Bonchev–Trinajstić information content (AvgIpc) is 2.70. The van der Waals surface area contributed by atoms with E-state index in [1.54, 1.807) is 13.0 Å². The molecule has 1 N–H and O–H groups in total. The summed E-state index contributed by atoms with van der Waals surface area (Å²) in [5.41, 5.74) is 0.804. The zero-order valence-electron chi connectivity index (χ0n) is 7.22. The van der Waals surface area contributed by atoms with Crippen molar-refractivity contribution in [2.45, 2.75) is 6.92 Å². The van der Waals surface area contributed by atoms with Crippen LogP contribution in [0.4, 0.5) is 0 Å². The van der Waals surface area contributed by atoms with Crippen molar-refractivity contribution in [3.05, 3.63) is 23.7 Å². The van der Waals surface area contributed by atoms with Crippen LogP contribution in [0.15, 0.2) is 21.2 Å². The smallest absolute Gasteiger partial charge is 0.374 e. The van der Waals surface area contributed by atoms with Gasteiger partial charge in [-0.1, -0.05) is 10.3 Å². The summed E-state index contributed by atoms with van der Waals surface area (Å²) in [4.78, 5) is 10.5. The van der Waals surface area contributed by atoms with E-state index in [9.17, 15) is 4.79 Å². The number of nitrogens with zero attached hydrogens (tertiary/aromatic N) is 2. The molecule has 2 rings (SSSR count). The molecular formula is C8H6N2O4. The topological polar surface area (TPSA) is 89.4 Å². The molecule has 0 unspecified atom stereocenters. The van der Waals surface area contributed by atoms with Gasteiger partial charge in [-0.15, -0.1) is 0 Å². The molecule has 0 amide bonds. The van der Waals surface area contributed by atoms with Crippen LogP contribution in [-0.2, 0) is 0 Å². The van der Waals surface area contributed by atoms with Crippen molar-refractivity contribution in [3.8, 4) is 11.4 Å². The lowest BCUT2D eigenvalue weighted by Gasteiger charge is -1.79. The van der Waals surface area contributed by atoms with E-state index < -0.39 is 5.97 Å². The molecule has 0 fully saturated rings. The van der Waals surface area contributed by atoms with Crippen LogP contribution in [0.5, 0.6) is 0 Å². The first-order valence-electron chi connectivity index (χ1n) is 3.80. The average molecular weight is 194 g/mol. The number of aryl methyl sites for hydroxylation is 1. The third-order valence-corrected chi connectivity index (χ3v) is 1.61. The standard InChI is InChI=1S/C8H6N2O4/c1-4-2-5(9-13-4)6-3-7(8(11)12)14-10-6/h2-3H,1H3,(H,11,12). The summed E-state index contributed by atoms with van der Waals surface area (Å²) in [6, 6.07) is 2.93. The largest absolute Gasteiger partial charge is 0.475 e. The molecule has 2 aromatic heterocycles. The van der Waals surface area contributed by atoms with E-state index in [0.717, 1.165) is 0 Å². The Kier molecular flexibility index (Phi) is 1.81. The van der Waals surface area contributed by atoms with Gasteiger partial charge in [0.25, 0.3) is 0 Å². The quantitative estimate of drug-likeness (QED) is 0.775. The number of hydrogen-bond acceptors (Lipinski definition) is 5. The van der Waals surface area contributed by atoms with Crippen LogP contribution in [0.1, 0.15) is 16.3 Å². The number of hydrogen-bond donors (Lipinski definition) is 1. The fourth-order valence-electron chi connectivity index (χ4n) is 0.984. The monoisotopic (exact) mass is 194 g/mol. The maximum Gasteiger partial charge on any atom is 0.374 e. The Balaban J connectivity index is 2.38. The van der Waals surface area contributed by atoms with E-state index in [0.29, 0.717) is 17.1 Å². The Morgan fingerprint density at radius 3 is 2.43 bits per heavy atom. The van der Waals surface area contributed by atoms with Crippen molar-refractivity contribution in [2.24, 2.45) is 0 Å². The normalized spacial score (nSPS) is 10.4. The molecule has 2 aromatic rings. The lowest BCUT2D eigenvalue weighted by Crippen LogP contribution is -1.91. The van der Waals surface area contributed by atoms with E-state index in [2.05, 4.69) is 14.8 Å². The van der Waals surface area contributed by atoms with Crippen molar-refractivity contribution in [1.82, 2.24) is 10.3 Å². The summed E-state index contributed by atoms with van der Waals surface area (Å²) in [6.07, 6.45) is 0. The van der Waals surface area contributed by atoms with Gasteiger partial charge in [-0.2, -0.15) is 0 Å². The lowest BCUT2D eigenvalue weighted by atomic mass is 10.3. The predicted octanol–water partition coefficient (Wildman–Crippen LogP) is 1.34. The summed E-state index contributed by atoms with van der Waals surface area (Å²) >= 11 is 0. The van der Waals surface area contributed by atoms with Crippen LogP contribution in [0.3, 0.4) is 0 Å². The van der Waals surface area contributed by atoms with Crippen LogP contribution in [0.25, 0.3) is 11.4 Å². The molecule has 14 heavy (non-hydrogen) atoms. The fourth-order valence-corrected chi connectivity index (χ4v) is 0.984. The molecule has 0 aliphatic rings. The molecule has 6 nitrogen and oxygen atoms in total. The highest BCUT2D eigenvalue weighted by Crippen LogP contribution is 2.18. The second-order valence-electron chi connectivity index (χ2n) is 2.70. The van der Waals surface area contributed by atoms with Gasteiger partial charge >= 0.3 is 5.97 Å². The molecule has 0 atom stereocenters. The molecule has 0 aliphatic heterocycles. The molecule has 0 aromatic carbocycles. The minimum atomic E-state index is -1.16. The summed E-state index contributed by atoms with van der Waals surface area (Å²) in [7, 11) is 0. The van der Waals surface area contributed by atoms with Gasteiger partial charge in [0.2, 0.25) is 5.76 Å². The maximum absolute atomic E-state index is 10.5. The van der Waals surface area contributed by atoms with Crippen molar-refractivity contribution in [3.63, 3.8) is 0 Å². The number of carboxylic acid groups (broad SMARTS) is 1. The minimum Gasteiger partial charge on any atom is -0.475 e. The van der Waals surface area contributed by atoms with Gasteiger partial charge in [-0.25, -0.2) is 4.79 Å². The first-order valence-corrected chi connectivity index (χ1v) is 3.80. The Morgan fingerprint density at radius 1 is 1.29 bits per heavy atom. The van der Waals surface area contributed by atoms with E-state index in [1.165, 1.54) is 6.07 Å². The number of carboxylic acids is 1. The Labute approximate surface area is 78.1 Å². The van der Waals surface area contributed by atoms with Crippen molar-refractivity contribution >= 4 is 5.97 Å². The molecule has 72 valence electrons. The Bertz CT molecular complexity index is 471. The molecule has 2 heterocycles. The van der Waals surface area contributed by atoms with E-state index in [4.69, 9.17) is 9.63 Å². The number of aromatic nitrogens is 2. The lowest BCUT2D eigenvalue weighted by molar-refractivity contribution is 0.0652. The maximum atomic E-state index is 10.5. The van der Waals surface area contributed by atoms with Crippen LogP contribution in [0.2, 0.25) is 0 Å². The van der Waals surface area contributed by atoms with Crippen LogP contribution < -0.4 is 0 Å². The Hall–Kier alpha value is -2.11. The van der Waals surface area contributed by atoms with Crippen LogP contribution in [0, 0.1) is 6.92 Å². The number of aromatic carboxylic acids is 1. The summed E-state index contributed by atoms with van der Waals surface area (Å²) < 4.78 is 9.37.